The Balaban J connectivity index is 2.70. The molecule has 0 fully saturated rings. The van der Waals surface area contributed by atoms with Crippen molar-refractivity contribution in [1.82, 2.24) is 0 Å². The minimum Gasteiger partial charge on any atom is -0.392 e. The maximum Gasteiger partial charge on any atom is 0.234 e. The first kappa shape index (κ1) is 11.1. The summed E-state index contributed by atoms with van der Waals surface area (Å²) in [5.74, 6) is 0.387. The molecule has 0 atom stereocenters. The van der Waals surface area contributed by atoms with Crippen LogP contribution in [0.2, 0.25) is 0 Å². The first-order valence-corrected chi connectivity index (χ1v) is 5.65. The largest absolute Gasteiger partial charge is 0.392 e. The minimum absolute atomic E-state index is 0.0431. The number of para-hydroxylation sites is 1. The summed E-state index contributed by atoms with van der Waals surface area (Å²) in [7, 11) is 0. The summed E-state index contributed by atoms with van der Waals surface area (Å²) < 4.78 is 0. The molecule has 3 nitrogen and oxygen atoms in total. The van der Waals surface area contributed by atoms with Crippen molar-refractivity contribution in [3.63, 3.8) is 0 Å². The molecule has 1 aromatic carbocycles. The number of hydrogen-bond acceptors (Lipinski definition) is 3. The molecular formula is C10H13NO2S. The maximum absolute atomic E-state index is 11.3. The molecule has 76 valence electrons. The second-order valence-corrected chi connectivity index (χ2v) is 3.66. The van der Waals surface area contributed by atoms with E-state index in [2.05, 4.69) is 5.32 Å². The lowest BCUT2D eigenvalue weighted by molar-refractivity contribution is -0.113. The first-order chi connectivity index (χ1) is 6.77. The fourth-order valence-corrected chi connectivity index (χ4v) is 1.43. The molecule has 0 aliphatic rings. The Morgan fingerprint density at radius 3 is 2.86 bits per heavy atom. The van der Waals surface area contributed by atoms with Crippen LogP contribution in [0.4, 0.5) is 5.69 Å². The zero-order valence-corrected chi connectivity index (χ0v) is 8.80. The van der Waals surface area contributed by atoms with E-state index in [4.69, 9.17) is 5.11 Å². The molecule has 0 aliphatic carbocycles. The van der Waals surface area contributed by atoms with E-state index in [1.807, 2.05) is 18.4 Å². The number of thioether (sulfide) groups is 1. The summed E-state index contributed by atoms with van der Waals surface area (Å²) >= 11 is 1.47. The molecule has 1 rings (SSSR count). The quantitative estimate of drug-likeness (QED) is 0.793. The van der Waals surface area contributed by atoms with Gasteiger partial charge in [0.05, 0.1) is 12.4 Å². The molecule has 0 radical (unpaired) electrons. The van der Waals surface area contributed by atoms with E-state index in [9.17, 15) is 4.79 Å². The van der Waals surface area contributed by atoms with Gasteiger partial charge in [-0.25, -0.2) is 0 Å². The van der Waals surface area contributed by atoms with Gasteiger partial charge in [0.25, 0.3) is 0 Å². The Labute approximate surface area is 87.5 Å². The molecule has 0 saturated heterocycles. The number of aliphatic hydroxyl groups excluding tert-OH is 1. The second kappa shape index (κ2) is 5.67. The van der Waals surface area contributed by atoms with Crippen LogP contribution in [-0.2, 0) is 11.4 Å². The van der Waals surface area contributed by atoms with Gasteiger partial charge in [0.2, 0.25) is 5.91 Å². The molecule has 0 aliphatic heterocycles. The first-order valence-electron chi connectivity index (χ1n) is 4.25. The predicted molar refractivity (Wildman–Crippen MR) is 59.4 cm³/mol. The van der Waals surface area contributed by atoms with Crippen molar-refractivity contribution < 1.29 is 9.90 Å². The van der Waals surface area contributed by atoms with E-state index < -0.39 is 0 Å². The van der Waals surface area contributed by atoms with E-state index in [-0.39, 0.29) is 12.5 Å². The molecule has 1 aromatic rings. The van der Waals surface area contributed by atoms with E-state index in [0.29, 0.717) is 11.4 Å². The van der Waals surface area contributed by atoms with Crippen molar-refractivity contribution in [2.24, 2.45) is 0 Å². The zero-order valence-electron chi connectivity index (χ0n) is 7.99. The van der Waals surface area contributed by atoms with Gasteiger partial charge >= 0.3 is 0 Å². The normalized spacial score (nSPS) is 9.86. The molecule has 4 heteroatoms. The van der Waals surface area contributed by atoms with Crippen LogP contribution in [0.25, 0.3) is 0 Å². The Kier molecular flexibility index (Phi) is 4.49. The number of rotatable bonds is 4. The van der Waals surface area contributed by atoms with Gasteiger partial charge in [-0.05, 0) is 12.3 Å². The Hall–Kier alpha value is -1.00. The zero-order chi connectivity index (χ0) is 10.4. The van der Waals surface area contributed by atoms with Crippen molar-refractivity contribution in [3.05, 3.63) is 29.8 Å². The number of nitrogens with one attached hydrogen (secondary N) is 1. The molecule has 1 amide bonds. The highest BCUT2D eigenvalue weighted by Gasteiger charge is 2.04. The molecule has 0 heterocycles. The summed E-state index contributed by atoms with van der Waals surface area (Å²) in [6, 6.07) is 7.22. The van der Waals surface area contributed by atoms with Gasteiger partial charge in [-0.15, -0.1) is 0 Å². The van der Waals surface area contributed by atoms with Crippen LogP contribution in [0, 0.1) is 0 Å². The molecule has 0 bridgehead atoms. The predicted octanol–water partition coefficient (Wildman–Crippen LogP) is 1.48. The molecule has 0 aromatic heterocycles. The summed E-state index contributed by atoms with van der Waals surface area (Å²) in [5, 5.41) is 11.7. The molecule has 14 heavy (non-hydrogen) atoms. The third-order valence-electron chi connectivity index (χ3n) is 1.74. The molecule has 0 unspecified atom stereocenters. The number of carbonyl (C=O) groups is 1. The average Bonchev–Trinajstić information content (AvgIpc) is 2.19. The number of carbonyl (C=O) groups excluding carboxylic acids is 1. The van der Waals surface area contributed by atoms with Crippen LogP contribution in [-0.4, -0.2) is 23.0 Å². The number of amides is 1. The van der Waals surface area contributed by atoms with Crippen molar-refractivity contribution in [2.75, 3.05) is 17.3 Å². The lowest BCUT2D eigenvalue weighted by Gasteiger charge is -2.08. The van der Waals surface area contributed by atoms with Gasteiger partial charge in [-0.3, -0.25) is 4.79 Å². The third kappa shape index (κ3) is 3.05. The summed E-state index contributed by atoms with van der Waals surface area (Å²) in [5.41, 5.74) is 1.43. The second-order valence-electron chi connectivity index (χ2n) is 2.80. The summed E-state index contributed by atoms with van der Waals surface area (Å²) in [4.78, 5) is 11.3. The highest BCUT2D eigenvalue weighted by atomic mass is 32.2. The van der Waals surface area contributed by atoms with Gasteiger partial charge in [0, 0.05) is 11.3 Å². The van der Waals surface area contributed by atoms with Crippen molar-refractivity contribution in [1.29, 1.82) is 0 Å². The topological polar surface area (TPSA) is 49.3 Å². The third-order valence-corrected chi connectivity index (χ3v) is 2.29. The van der Waals surface area contributed by atoms with E-state index in [0.717, 1.165) is 5.56 Å². The van der Waals surface area contributed by atoms with E-state index in [1.165, 1.54) is 11.8 Å². The Bertz CT molecular complexity index is 315. The maximum atomic E-state index is 11.3. The smallest absolute Gasteiger partial charge is 0.234 e. The SMILES string of the molecule is CSCC(=O)Nc1ccccc1CO. The fourth-order valence-electron chi connectivity index (χ4n) is 1.10. The van der Waals surface area contributed by atoms with E-state index >= 15 is 0 Å². The number of benzene rings is 1. The molecule has 0 saturated carbocycles. The van der Waals surface area contributed by atoms with Gasteiger partial charge in [0.1, 0.15) is 0 Å². The molecule has 2 N–H and O–H groups in total. The number of hydrogen-bond donors (Lipinski definition) is 2. The summed E-state index contributed by atoms with van der Waals surface area (Å²) in [6.45, 7) is -0.0598. The number of aliphatic hydroxyl groups is 1. The highest BCUT2D eigenvalue weighted by Crippen LogP contribution is 2.14. The molecule has 0 spiro atoms. The van der Waals surface area contributed by atoms with Crippen LogP contribution in [0.15, 0.2) is 24.3 Å². The monoisotopic (exact) mass is 211 g/mol. The molecular weight excluding hydrogens is 198 g/mol. The van der Waals surface area contributed by atoms with E-state index in [1.54, 1.807) is 12.1 Å². The fraction of sp³-hybridized carbons (Fsp3) is 0.300. The van der Waals surface area contributed by atoms with Crippen LogP contribution in [0.3, 0.4) is 0 Å². The van der Waals surface area contributed by atoms with Crippen LogP contribution in [0.5, 0.6) is 0 Å². The van der Waals surface area contributed by atoms with Crippen molar-refractivity contribution in [2.45, 2.75) is 6.61 Å². The Morgan fingerprint density at radius 1 is 1.50 bits per heavy atom. The highest BCUT2D eigenvalue weighted by molar-refractivity contribution is 7.99. The van der Waals surface area contributed by atoms with Crippen LogP contribution in [0.1, 0.15) is 5.56 Å². The van der Waals surface area contributed by atoms with Gasteiger partial charge in [-0.1, -0.05) is 18.2 Å². The average molecular weight is 211 g/mol. The van der Waals surface area contributed by atoms with Gasteiger partial charge < -0.3 is 10.4 Å². The van der Waals surface area contributed by atoms with Crippen LogP contribution >= 0.6 is 11.8 Å². The lowest BCUT2D eigenvalue weighted by Crippen LogP contribution is -2.15. The van der Waals surface area contributed by atoms with Crippen LogP contribution < -0.4 is 5.32 Å². The van der Waals surface area contributed by atoms with Crippen molar-refractivity contribution >= 4 is 23.4 Å². The van der Waals surface area contributed by atoms with Gasteiger partial charge in [0.15, 0.2) is 0 Å². The minimum atomic E-state index is -0.0598. The standard InChI is InChI=1S/C10H13NO2S/c1-14-7-10(13)11-9-5-3-2-4-8(9)6-12/h2-5,12H,6-7H2,1H3,(H,11,13). The lowest BCUT2D eigenvalue weighted by atomic mass is 10.2. The Morgan fingerprint density at radius 2 is 2.21 bits per heavy atom. The van der Waals surface area contributed by atoms with Crippen molar-refractivity contribution in [3.8, 4) is 0 Å². The summed E-state index contributed by atoms with van der Waals surface area (Å²) in [6.07, 6.45) is 1.87. The number of anilines is 1. The van der Waals surface area contributed by atoms with Gasteiger partial charge in [-0.2, -0.15) is 11.8 Å².